The second-order valence-electron chi connectivity index (χ2n) is 7.22. The molecule has 4 aromatic rings. The van der Waals surface area contributed by atoms with Crippen LogP contribution in [0.5, 0.6) is 0 Å². The first-order valence-electron chi connectivity index (χ1n) is 9.77. The predicted molar refractivity (Wildman–Crippen MR) is 136 cm³/mol. The van der Waals surface area contributed by atoms with Gasteiger partial charge in [-0.1, -0.05) is 62.2 Å². The molecular formula is C26H17Br2N3. The summed E-state index contributed by atoms with van der Waals surface area (Å²) in [6.45, 7) is 0. The van der Waals surface area contributed by atoms with Crippen molar-refractivity contribution in [1.82, 2.24) is 0 Å². The van der Waals surface area contributed by atoms with E-state index in [9.17, 15) is 0 Å². The zero-order chi connectivity index (χ0) is 21.4. The van der Waals surface area contributed by atoms with Gasteiger partial charge in [-0.15, -0.1) is 0 Å². The number of rotatable bonds is 2. The van der Waals surface area contributed by atoms with E-state index in [1.54, 1.807) is 0 Å². The van der Waals surface area contributed by atoms with Crippen LogP contribution >= 0.6 is 31.9 Å². The largest absolute Gasteiger partial charge is 0.399 e. The third-order valence-electron chi connectivity index (χ3n) is 5.13. The lowest BCUT2D eigenvalue weighted by Gasteiger charge is -2.24. The average molecular weight is 531 g/mol. The summed E-state index contributed by atoms with van der Waals surface area (Å²) in [5.74, 6) is 0. The van der Waals surface area contributed by atoms with Gasteiger partial charge >= 0.3 is 0 Å². The molecule has 0 amide bonds. The molecule has 0 aromatic heterocycles. The van der Waals surface area contributed by atoms with Gasteiger partial charge in [-0.3, -0.25) is 0 Å². The van der Waals surface area contributed by atoms with Crippen molar-refractivity contribution in [1.29, 1.82) is 0 Å². The van der Waals surface area contributed by atoms with Gasteiger partial charge < -0.3 is 5.73 Å². The summed E-state index contributed by atoms with van der Waals surface area (Å²) in [7, 11) is 0. The highest BCUT2D eigenvalue weighted by atomic mass is 79.9. The van der Waals surface area contributed by atoms with Crippen LogP contribution in [0.3, 0.4) is 0 Å². The molecule has 0 saturated carbocycles. The molecule has 0 unspecified atom stereocenters. The number of halogens is 2. The van der Waals surface area contributed by atoms with E-state index in [0.717, 1.165) is 54.0 Å². The van der Waals surface area contributed by atoms with Crippen molar-refractivity contribution in [3.63, 3.8) is 0 Å². The second-order valence-corrected chi connectivity index (χ2v) is 9.06. The van der Waals surface area contributed by atoms with Gasteiger partial charge in [-0.25, -0.2) is 9.98 Å². The van der Waals surface area contributed by atoms with E-state index >= 15 is 0 Å². The molecule has 0 aliphatic heterocycles. The van der Waals surface area contributed by atoms with Crippen LogP contribution in [0.2, 0.25) is 0 Å². The number of anilines is 1. The molecule has 0 bridgehead atoms. The topological polar surface area (TPSA) is 50.7 Å². The molecule has 1 aliphatic carbocycles. The molecule has 0 radical (unpaired) electrons. The highest BCUT2D eigenvalue weighted by molar-refractivity contribution is 9.10. The van der Waals surface area contributed by atoms with E-state index in [-0.39, 0.29) is 0 Å². The Morgan fingerprint density at radius 3 is 1.48 bits per heavy atom. The lowest BCUT2D eigenvalue weighted by Crippen LogP contribution is -2.22. The van der Waals surface area contributed by atoms with Gasteiger partial charge in [0.15, 0.2) is 0 Å². The number of hydrogen-bond donors (Lipinski definition) is 1. The fraction of sp³-hybridized carbons (Fsp3) is 0. The van der Waals surface area contributed by atoms with E-state index in [1.165, 1.54) is 0 Å². The van der Waals surface area contributed by atoms with Crippen LogP contribution in [-0.2, 0) is 0 Å². The Morgan fingerprint density at radius 2 is 0.968 bits per heavy atom. The molecule has 0 heterocycles. The molecule has 2 N–H and O–H groups in total. The minimum Gasteiger partial charge on any atom is -0.399 e. The maximum absolute atomic E-state index is 6.19. The SMILES string of the molecule is Nc1ccc2c(c1)C(=Nc1ccc(Br)cc1)c1ccccc1C2=Nc1ccc(Br)cc1. The number of benzene rings is 4. The molecule has 0 atom stereocenters. The fourth-order valence-electron chi connectivity index (χ4n) is 3.68. The maximum Gasteiger partial charge on any atom is 0.0795 e. The number of nitrogens with zero attached hydrogens (tertiary/aromatic N) is 2. The van der Waals surface area contributed by atoms with Gasteiger partial charge in [-0.05, 0) is 60.7 Å². The first-order valence-corrected chi connectivity index (χ1v) is 11.4. The number of hydrogen-bond acceptors (Lipinski definition) is 3. The van der Waals surface area contributed by atoms with Crippen LogP contribution in [0.1, 0.15) is 22.3 Å². The highest BCUT2D eigenvalue weighted by Crippen LogP contribution is 2.33. The van der Waals surface area contributed by atoms with Gasteiger partial charge in [0.05, 0.1) is 22.8 Å². The Morgan fingerprint density at radius 1 is 0.516 bits per heavy atom. The monoisotopic (exact) mass is 529 g/mol. The number of nitrogen functional groups attached to an aromatic ring is 1. The normalized spacial score (nSPS) is 15.0. The van der Waals surface area contributed by atoms with Crippen molar-refractivity contribution in [3.8, 4) is 0 Å². The van der Waals surface area contributed by atoms with Crippen molar-refractivity contribution in [2.45, 2.75) is 0 Å². The molecule has 4 aromatic carbocycles. The number of aliphatic imine (C=N–C) groups is 2. The van der Waals surface area contributed by atoms with Gasteiger partial charge in [0.1, 0.15) is 0 Å². The lowest BCUT2D eigenvalue weighted by atomic mass is 9.82. The lowest BCUT2D eigenvalue weighted by molar-refractivity contribution is 1.40. The highest BCUT2D eigenvalue weighted by Gasteiger charge is 2.26. The zero-order valence-electron chi connectivity index (χ0n) is 16.4. The number of fused-ring (bicyclic) bond motifs is 2. The summed E-state index contributed by atoms with van der Waals surface area (Å²) in [6, 6.07) is 30.2. The van der Waals surface area contributed by atoms with Gasteiger partial charge in [0, 0.05) is 36.9 Å². The summed E-state index contributed by atoms with van der Waals surface area (Å²) in [5, 5.41) is 0. The Balaban J connectivity index is 1.76. The Labute approximate surface area is 197 Å². The molecule has 0 spiro atoms. The van der Waals surface area contributed by atoms with E-state index < -0.39 is 0 Å². The quantitative estimate of drug-likeness (QED) is 0.237. The Hall–Kier alpha value is -3.02. The van der Waals surface area contributed by atoms with Crippen LogP contribution in [0.4, 0.5) is 17.1 Å². The molecule has 0 saturated heterocycles. The van der Waals surface area contributed by atoms with Crippen molar-refractivity contribution in [3.05, 3.63) is 122 Å². The van der Waals surface area contributed by atoms with Gasteiger partial charge in [-0.2, -0.15) is 0 Å². The first-order chi connectivity index (χ1) is 15.1. The van der Waals surface area contributed by atoms with Crippen LogP contribution in [0.25, 0.3) is 0 Å². The summed E-state index contributed by atoms with van der Waals surface area (Å²) < 4.78 is 2.05. The van der Waals surface area contributed by atoms with E-state index in [0.29, 0.717) is 5.69 Å². The van der Waals surface area contributed by atoms with Crippen LogP contribution in [-0.4, -0.2) is 11.4 Å². The summed E-state index contributed by atoms with van der Waals surface area (Å²) in [5.41, 5.74) is 14.6. The van der Waals surface area contributed by atoms with Crippen LogP contribution in [0, 0.1) is 0 Å². The minimum absolute atomic E-state index is 0.699. The Kier molecular flexibility index (Phi) is 5.30. The van der Waals surface area contributed by atoms with E-state index in [2.05, 4.69) is 44.0 Å². The van der Waals surface area contributed by atoms with Crippen LogP contribution in [0.15, 0.2) is 110 Å². The third kappa shape index (κ3) is 3.99. The summed E-state index contributed by atoms with van der Waals surface area (Å²) in [6.07, 6.45) is 0. The fourth-order valence-corrected chi connectivity index (χ4v) is 4.21. The predicted octanol–water partition coefficient (Wildman–Crippen LogP) is 7.45. The van der Waals surface area contributed by atoms with Gasteiger partial charge in [0.2, 0.25) is 0 Å². The second kappa shape index (κ2) is 8.25. The van der Waals surface area contributed by atoms with Crippen molar-refractivity contribution in [2.24, 2.45) is 9.98 Å². The minimum atomic E-state index is 0.699. The Bertz CT molecular complexity index is 1340. The van der Waals surface area contributed by atoms with Crippen LogP contribution < -0.4 is 5.73 Å². The molecule has 0 fully saturated rings. The molecule has 5 heteroatoms. The van der Waals surface area contributed by atoms with E-state index in [1.807, 2.05) is 78.9 Å². The summed E-state index contributed by atoms with van der Waals surface area (Å²) >= 11 is 6.98. The average Bonchev–Trinajstić information content (AvgIpc) is 2.78. The van der Waals surface area contributed by atoms with Gasteiger partial charge in [0.25, 0.3) is 0 Å². The molecular weight excluding hydrogens is 514 g/mol. The number of nitrogens with two attached hydrogens (primary N) is 1. The molecule has 3 nitrogen and oxygen atoms in total. The molecule has 5 rings (SSSR count). The molecule has 31 heavy (non-hydrogen) atoms. The zero-order valence-corrected chi connectivity index (χ0v) is 19.6. The van der Waals surface area contributed by atoms with E-state index in [4.69, 9.17) is 15.7 Å². The smallest absolute Gasteiger partial charge is 0.0795 e. The van der Waals surface area contributed by atoms with Crippen molar-refractivity contribution in [2.75, 3.05) is 5.73 Å². The molecule has 150 valence electrons. The maximum atomic E-state index is 6.19. The van der Waals surface area contributed by atoms with Crippen molar-refractivity contribution < 1.29 is 0 Å². The first kappa shape index (κ1) is 19.9. The molecule has 1 aliphatic rings. The standard InChI is InChI=1S/C26H17Br2N3/c27-16-5-10-19(11-6-16)30-25-21-3-1-2-4-22(21)26(24-15-18(29)9-14-23(24)25)31-20-12-7-17(28)8-13-20/h1-15H,29H2. The third-order valence-corrected chi connectivity index (χ3v) is 6.18. The van der Waals surface area contributed by atoms with Crippen molar-refractivity contribution >= 4 is 60.3 Å². The summed E-state index contributed by atoms with van der Waals surface area (Å²) in [4.78, 5) is 10.0.